The summed E-state index contributed by atoms with van der Waals surface area (Å²) >= 11 is 0. The third-order valence-electron chi connectivity index (χ3n) is 2.86. The molecule has 0 aliphatic carbocycles. The highest BCUT2D eigenvalue weighted by atomic mass is 32.2. The molecule has 3 unspecified atom stereocenters. The molecule has 0 radical (unpaired) electrons. The van der Waals surface area contributed by atoms with E-state index in [1.807, 2.05) is 20.0 Å². The van der Waals surface area contributed by atoms with Crippen LogP contribution in [0.4, 0.5) is 4.39 Å². The molecule has 1 aromatic rings. The van der Waals surface area contributed by atoms with Crippen LogP contribution in [0.1, 0.15) is 24.9 Å². The van der Waals surface area contributed by atoms with Gasteiger partial charge in [-0.1, -0.05) is 19.1 Å². The molecule has 1 aromatic carbocycles. The highest BCUT2D eigenvalue weighted by Crippen LogP contribution is 2.34. The van der Waals surface area contributed by atoms with Gasteiger partial charge >= 0.3 is 0 Å². The minimum atomic E-state index is -1.21. The smallest absolute Gasteiger partial charge is 0.139 e. The molecule has 0 aromatic heterocycles. The van der Waals surface area contributed by atoms with Gasteiger partial charge in [-0.15, -0.1) is 0 Å². The Morgan fingerprint density at radius 1 is 1.53 bits per heavy atom. The molecule has 1 heterocycles. The first kappa shape index (κ1) is 10.8. The van der Waals surface area contributed by atoms with E-state index in [4.69, 9.17) is 0 Å². The fourth-order valence-electron chi connectivity index (χ4n) is 2.03. The Bertz CT molecular complexity index is 408. The number of nitrogens with one attached hydrogen (secondary N) is 1. The topological polar surface area (TPSA) is 29.1 Å². The summed E-state index contributed by atoms with van der Waals surface area (Å²) in [7, 11) is 0.639. The maximum atomic E-state index is 13.6. The van der Waals surface area contributed by atoms with E-state index < -0.39 is 10.8 Å². The van der Waals surface area contributed by atoms with Gasteiger partial charge in [-0.05, 0) is 25.1 Å². The van der Waals surface area contributed by atoms with E-state index in [1.165, 1.54) is 6.07 Å². The minimum Gasteiger partial charge on any atom is -0.313 e. The standard InChI is InChI=1S/C11H14FNOS/c1-7-6-10(13-2)8-4-3-5-9(12)11(8)15(7)14/h3-5,7,10,13H,6H2,1-2H3. The van der Waals surface area contributed by atoms with Crippen molar-refractivity contribution in [3.05, 3.63) is 29.6 Å². The molecule has 2 rings (SSSR count). The molecule has 1 aliphatic heterocycles. The second kappa shape index (κ2) is 4.02. The highest BCUT2D eigenvalue weighted by molar-refractivity contribution is 7.85. The summed E-state index contributed by atoms with van der Waals surface area (Å²) in [6.45, 7) is 1.90. The van der Waals surface area contributed by atoms with Gasteiger partial charge in [-0.2, -0.15) is 0 Å². The summed E-state index contributed by atoms with van der Waals surface area (Å²) in [4.78, 5) is 0.385. The van der Waals surface area contributed by atoms with Crippen LogP contribution >= 0.6 is 0 Å². The summed E-state index contributed by atoms with van der Waals surface area (Å²) in [5.41, 5.74) is 0.842. The van der Waals surface area contributed by atoms with E-state index >= 15 is 0 Å². The Hall–Kier alpha value is -0.740. The lowest BCUT2D eigenvalue weighted by molar-refractivity contribution is 0.498. The minimum absolute atomic E-state index is 0.00634. The molecule has 0 fully saturated rings. The molecule has 2 nitrogen and oxygen atoms in total. The molecule has 0 spiro atoms. The van der Waals surface area contributed by atoms with Gasteiger partial charge in [0.2, 0.25) is 0 Å². The van der Waals surface area contributed by atoms with Crippen molar-refractivity contribution in [2.24, 2.45) is 0 Å². The molecule has 1 aliphatic rings. The van der Waals surface area contributed by atoms with Gasteiger partial charge in [-0.3, -0.25) is 4.21 Å². The number of benzene rings is 1. The van der Waals surface area contributed by atoms with Crippen LogP contribution in [0.25, 0.3) is 0 Å². The van der Waals surface area contributed by atoms with E-state index in [0.29, 0.717) is 4.90 Å². The molecule has 3 atom stereocenters. The first-order valence-electron chi connectivity index (χ1n) is 5.01. The number of hydrogen-bond donors (Lipinski definition) is 1. The van der Waals surface area contributed by atoms with Crippen molar-refractivity contribution in [1.82, 2.24) is 5.32 Å². The van der Waals surface area contributed by atoms with Crippen molar-refractivity contribution in [2.45, 2.75) is 29.5 Å². The average molecular weight is 227 g/mol. The lowest BCUT2D eigenvalue weighted by atomic mass is 10.0. The Morgan fingerprint density at radius 2 is 2.27 bits per heavy atom. The van der Waals surface area contributed by atoms with Crippen molar-refractivity contribution in [3.8, 4) is 0 Å². The zero-order valence-electron chi connectivity index (χ0n) is 8.79. The second-order valence-electron chi connectivity index (χ2n) is 3.84. The third kappa shape index (κ3) is 1.72. The van der Waals surface area contributed by atoms with Gasteiger partial charge < -0.3 is 5.32 Å². The van der Waals surface area contributed by atoms with Crippen LogP contribution in [0.3, 0.4) is 0 Å². The SMILES string of the molecule is CNC1CC(C)S(=O)c2c(F)cccc21. The molecule has 15 heavy (non-hydrogen) atoms. The third-order valence-corrected chi connectivity index (χ3v) is 4.61. The number of hydrogen-bond acceptors (Lipinski definition) is 2. The first-order valence-corrected chi connectivity index (χ1v) is 6.22. The van der Waals surface area contributed by atoms with Crippen molar-refractivity contribution < 1.29 is 8.60 Å². The van der Waals surface area contributed by atoms with Crippen molar-refractivity contribution >= 4 is 10.8 Å². The molecule has 0 amide bonds. The Kier molecular flexibility index (Phi) is 2.89. The fraction of sp³-hybridized carbons (Fsp3) is 0.455. The zero-order valence-corrected chi connectivity index (χ0v) is 9.60. The van der Waals surface area contributed by atoms with Gasteiger partial charge in [0.05, 0.1) is 15.7 Å². The Morgan fingerprint density at radius 3 is 2.93 bits per heavy atom. The van der Waals surface area contributed by atoms with E-state index in [1.54, 1.807) is 6.07 Å². The van der Waals surface area contributed by atoms with E-state index in [-0.39, 0.29) is 17.1 Å². The highest BCUT2D eigenvalue weighted by Gasteiger charge is 2.31. The monoisotopic (exact) mass is 227 g/mol. The number of fused-ring (bicyclic) bond motifs is 1. The Labute approximate surface area is 91.3 Å². The van der Waals surface area contributed by atoms with Crippen LogP contribution in [0.5, 0.6) is 0 Å². The lowest BCUT2D eigenvalue weighted by Gasteiger charge is -2.28. The predicted octanol–water partition coefficient (Wildman–Crippen LogP) is 1.99. The number of rotatable bonds is 1. The van der Waals surface area contributed by atoms with Crippen LogP contribution < -0.4 is 5.32 Å². The number of halogens is 1. The van der Waals surface area contributed by atoms with Crippen LogP contribution in [0, 0.1) is 5.82 Å². The quantitative estimate of drug-likeness (QED) is 0.795. The summed E-state index contributed by atoms with van der Waals surface area (Å²) in [6.07, 6.45) is 0.791. The molecule has 0 saturated heterocycles. The summed E-state index contributed by atoms with van der Waals surface area (Å²) < 4.78 is 25.5. The van der Waals surface area contributed by atoms with Gasteiger partial charge in [0, 0.05) is 11.3 Å². The zero-order chi connectivity index (χ0) is 11.0. The molecule has 82 valence electrons. The summed E-state index contributed by atoms with van der Waals surface area (Å²) in [5, 5.41) is 3.14. The maximum Gasteiger partial charge on any atom is 0.139 e. The van der Waals surface area contributed by atoms with Crippen molar-refractivity contribution in [1.29, 1.82) is 0 Å². The molecule has 1 N–H and O–H groups in total. The molecular formula is C11H14FNOS. The lowest BCUT2D eigenvalue weighted by Crippen LogP contribution is -2.30. The predicted molar refractivity (Wildman–Crippen MR) is 58.7 cm³/mol. The molecular weight excluding hydrogens is 213 g/mol. The van der Waals surface area contributed by atoms with Crippen LogP contribution in [0.15, 0.2) is 23.1 Å². The summed E-state index contributed by atoms with van der Waals surface area (Å²) in [5.74, 6) is -0.349. The molecule has 4 heteroatoms. The maximum absolute atomic E-state index is 13.6. The van der Waals surface area contributed by atoms with Gasteiger partial charge in [0.15, 0.2) is 0 Å². The Balaban J connectivity index is 2.58. The summed E-state index contributed by atoms with van der Waals surface area (Å²) in [6, 6.07) is 5.01. The van der Waals surface area contributed by atoms with Crippen LogP contribution in [0.2, 0.25) is 0 Å². The van der Waals surface area contributed by atoms with Gasteiger partial charge in [-0.25, -0.2) is 4.39 Å². The molecule has 0 bridgehead atoms. The fourth-order valence-corrected chi connectivity index (χ4v) is 3.51. The average Bonchev–Trinajstić information content (AvgIpc) is 2.23. The second-order valence-corrected chi connectivity index (χ2v) is 5.65. The van der Waals surface area contributed by atoms with E-state index in [0.717, 1.165) is 12.0 Å². The largest absolute Gasteiger partial charge is 0.313 e. The van der Waals surface area contributed by atoms with Gasteiger partial charge in [0.1, 0.15) is 5.82 Å². The van der Waals surface area contributed by atoms with E-state index in [2.05, 4.69) is 5.32 Å². The van der Waals surface area contributed by atoms with Crippen molar-refractivity contribution in [3.63, 3.8) is 0 Å². The van der Waals surface area contributed by atoms with Gasteiger partial charge in [0.25, 0.3) is 0 Å². The first-order chi connectivity index (χ1) is 7.15. The van der Waals surface area contributed by atoms with Crippen LogP contribution in [-0.4, -0.2) is 16.5 Å². The molecule has 0 saturated carbocycles. The van der Waals surface area contributed by atoms with Crippen molar-refractivity contribution in [2.75, 3.05) is 7.05 Å². The van der Waals surface area contributed by atoms with Crippen LogP contribution in [-0.2, 0) is 10.8 Å². The normalized spacial score (nSPS) is 29.9. The van der Waals surface area contributed by atoms with E-state index in [9.17, 15) is 8.60 Å².